The lowest BCUT2D eigenvalue weighted by molar-refractivity contribution is -0.113. The Labute approximate surface area is 231 Å². The zero-order chi connectivity index (χ0) is 26.7. The molecule has 0 saturated carbocycles. The lowest BCUT2D eigenvalue weighted by Gasteiger charge is -2.33. The smallest absolute Gasteiger partial charge is 0.235 e. The molecule has 2 aromatic heterocycles. The topological polar surface area (TPSA) is 92.8 Å². The van der Waals surface area contributed by atoms with Gasteiger partial charge < -0.3 is 14.6 Å². The van der Waals surface area contributed by atoms with Gasteiger partial charge in [-0.05, 0) is 68.2 Å². The molecule has 196 valence electrons. The Balaban J connectivity index is 1.41. The van der Waals surface area contributed by atoms with Crippen molar-refractivity contribution < 1.29 is 9.53 Å². The van der Waals surface area contributed by atoms with Crippen LogP contribution in [0.5, 0.6) is 5.75 Å². The predicted molar refractivity (Wildman–Crippen MR) is 150 cm³/mol. The second-order valence-electron chi connectivity index (χ2n) is 10.3. The number of halogens is 1. The largest absolute Gasteiger partial charge is 0.483 e. The van der Waals surface area contributed by atoms with Crippen LogP contribution in [-0.4, -0.2) is 26.4 Å². The van der Waals surface area contributed by atoms with Crippen LogP contribution < -0.4 is 10.1 Å². The average Bonchev–Trinajstić information content (AvgIpc) is 3.41. The Bertz CT molecular complexity index is 1320. The summed E-state index contributed by atoms with van der Waals surface area (Å²) in [6, 6.07) is 9.56. The maximum absolute atomic E-state index is 12.9. The molecule has 2 heterocycles. The number of anilines is 1. The third-order valence-corrected chi connectivity index (χ3v) is 9.09. The predicted octanol–water partition coefficient (Wildman–Crippen LogP) is 6.91. The molecular formula is C27H32ClN5O2S2. The molecule has 37 heavy (non-hydrogen) atoms. The van der Waals surface area contributed by atoms with E-state index in [2.05, 4.69) is 42.4 Å². The van der Waals surface area contributed by atoms with E-state index >= 15 is 0 Å². The molecule has 4 rings (SSSR count). The van der Waals surface area contributed by atoms with Crippen molar-refractivity contribution in [3.8, 4) is 11.8 Å². The second kappa shape index (κ2) is 11.5. The fourth-order valence-electron chi connectivity index (χ4n) is 4.63. The SMILES string of the molecule is CCn1c(SCC(=O)Nc2sc3c(c2C#N)CCC(C(C)(C)C)C3)nnc1C(C)Oc1cccc(Cl)c1. The zero-order valence-electron chi connectivity index (χ0n) is 21.8. The minimum atomic E-state index is -0.346. The summed E-state index contributed by atoms with van der Waals surface area (Å²) in [5.74, 6) is 1.91. The number of thioether (sulfide) groups is 1. The highest BCUT2D eigenvalue weighted by Crippen LogP contribution is 2.44. The van der Waals surface area contributed by atoms with Crippen LogP contribution in [-0.2, 0) is 24.2 Å². The van der Waals surface area contributed by atoms with Crippen molar-refractivity contribution in [3.63, 3.8) is 0 Å². The molecule has 10 heteroatoms. The Morgan fingerprint density at radius 3 is 2.86 bits per heavy atom. The molecule has 2 unspecified atom stereocenters. The van der Waals surface area contributed by atoms with Gasteiger partial charge in [0.1, 0.15) is 16.8 Å². The highest BCUT2D eigenvalue weighted by atomic mass is 35.5. The number of carbonyl (C=O) groups is 1. The Morgan fingerprint density at radius 2 is 2.19 bits per heavy atom. The van der Waals surface area contributed by atoms with E-state index in [0.29, 0.717) is 44.8 Å². The van der Waals surface area contributed by atoms with Gasteiger partial charge in [0, 0.05) is 16.4 Å². The minimum Gasteiger partial charge on any atom is -0.483 e. The van der Waals surface area contributed by atoms with Crippen molar-refractivity contribution in [3.05, 3.63) is 51.1 Å². The number of amides is 1. The van der Waals surface area contributed by atoms with Gasteiger partial charge in [-0.3, -0.25) is 4.79 Å². The Hall–Kier alpha value is -2.54. The number of fused-ring (bicyclic) bond motifs is 1. The molecule has 0 aliphatic heterocycles. The standard InChI is InChI=1S/C27H32ClN5O2S2/c1-6-33-24(16(2)35-19-9-7-8-18(28)13-19)31-32-26(33)36-15-23(34)30-25-21(14-29)20-11-10-17(27(3,4)5)12-22(20)37-25/h7-9,13,16-17H,6,10-12,15H2,1-5H3,(H,30,34). The van der Waals surface area contributed by atoms with Gasteiger partial charge in [0.2, 0.25) is 5.91 Å². The molecule has 0 spiro atoms. The fourth-order valence-corrected chi connectivity index (χ4v) is 6.91. The number of aromatic nitrogens is 3. The number of carbonyl (C=O) groups excluding carboxylic acids is 1. The quantitative estimate of drug-likeness (QED) is 0.303. The number of hydrogen-bond acceptors (Lipinski definition) is 7. The first-order valence-electron chi connectivity index (χ1n) is 12.4. The van der Waals surface area contributed by atoms with Gasteiger partial charge in [-0.15, -0.1) is 21.5 Å². The summed E-state index contributed by atoms with van der Waals surface area (Å²) < 4.78 is 7.96. The van der Waals surface area contributed by atoms with Crippen LogP contribution in [0.3, 0.4) is 0 Å². The summed E-state index contributed by atoms with van der Waals surface area (Å²) in [6.45, 7) is 11.4. The lowest BCUT2D eigenvalue weighted by atomic mass is 9.72. The number of nitriles is 1. The van der Waals surface area contributed by atoms with E-state index in [1.807, 2.05) is 30.5 Å². The van der Waals surface area contributed by atoms with Gasteiger partial charge in [-0.1, -0.05) is 50.2 Å². The molecule has 0 radical (unpaired) electrons. The zero-order valence-corrected chi connectivity index (χ0v) is 24.2. The molecule has 2 atom stereocenters. The van der Waals surface area contributed by atoms with Gasteiger partial charge in [0.25, 0.3) is 0 Å². The van der Waals surface area contributed by atoms with Crippen LogP contribution in [0.15, 0.2) is 29.4 Å². The van der Waals surface area contributed by atoms with Crippen molar-refractivity contribution in [1.29, 1.82) is 5.26 Å². The summed E-state index contributed by atoms with van der Waals surface area (Å²) in [5.41, 5.74) is 1.95. The van der Waals surface area contributed by atoms with E-state index < -0.39 is 0 Å². The summed E-state index contributed by atoms with van der Waals surface area (Å²) in [5, 5.41) is 23.3. The van der Waals surface area contributed by atoms with Crippen molar-refractivity contribution >= 4 is 45.6 Å². The molecule has 1 aliphatic carbocycles. The van der Waals surface area contributed by atoms with E-state index in [9.17, 15) is 10.1 Å². The fraction of sp³-hybridized carbons (Fsp3) is 0.481. The van der Waals surface area contributed by atoms with E-state index in [1.54, 1.807) is 23.5 Å². The maximum atomic E-state index is 12.9. The van der Waals surface area contributed by atoms with Gasteiger partial charge >= 0.3 is 0 Å². The van der Waals surface area contributed by atoms with Crippen molar-refractivity contribution in [2.45, 2.75) is 71.7 Å². The van der Waals surface area contributed by atoms with Crippen LogP contribution in [0.4, 0.5) is 5.00 Å². The van der Waals surface area contributed by atoms with Crippen LogP contribution in [0.25, 0.3) is 0 Å². The first-order chi connectivity index (χ1) is 17.6. The Morgan fingerprint density at radius 1 is 1.41 bits per heavy atom. The third-order valence-electron chi connectivity index (χ3n) is 6.72. The molecule has 1 N–H and O–H groups in total. The molecule has 1 aromatic carbocycles. The maximum Gasteiger partial charge on any atom is 0.235 e. The number of rotatable bonds is 8. The number of benzene rings is 1. The third kappa shape index (κ3) is 6.31. The summed E-state index contributed by atoms with van der Waals surface area (Å²) in [4.78, 5) is 14.1. The van der Waals surface area contributed by atoms with Crippen molar-refractivity contribution in [1.82, 2.24) is 14.8 Å². The molecule has 3 aromatic rings. The van der Waals surface area contributed by atoms with Gasteiger partial charge in [-0.25, -0.2) is 0 Å². The second-order valence-corrected chi connectivity index (χ2v) is 12.7. The van der Waals surface area contributed by atoms with Crippen LogP contribution in [0, 0.1) is 22.7 Å². The normalized spacial score (nSPS) is 16.1. The first kappa shape index (κ1) is 27.5. The number of ether oxygens (including phenoxy) is 1. The molecule has 1 amide bonds. The lowest BCUT2D eigenvalue weighted by Crippen LogP contribution is -2.26. The van der Waals surface area contributed by atoms with Crippen LogP contribution >= 0.6 is 34.7 Å². The van der Waals surface area contributed by atoms with Gasteiger partial charge in [0.15, 0.2) is 17.1 Å². The van der Waals surface area contributed by atoms with E-state index in [-0.39, 0.29) is 23.2 Å². The summed E-state index contributed by atoms with van der Waals surface area (Å²) in [6.07, 6.45) is 2.57. The average molecular weight is 558 g/mol. The first-order valence-corrected chi connectivity index (χ1v) is 14.6. The summed E-state index contributed by atoms with van der Waals surface area (Å²) in [7, 11) is 0. The van der Waals surface area contributed by atoms with E-state index in [1.165, 1.54) is 16.6 Å². The van der Waals surface area contributed by atoms with E-state index in [0.717, 1.165) is 24.8 Å². The molecule has 0 bridgehead atoms. The van der Waals surface area contributed by atoms with Crippen LogP contribution in [0.1, 0.15) is 69.0 Å². The molecule has 1 aliphatic rings. The highest BCUT2D eigenvalue weighted by Gasteiger charge is 2.32. The molecule has 7 nitrogen and oxygen atoms in total. The number of thiophene rings is 1. The van der Waals surface area contributed by atoms with Gasteiger partial charge in [-0.2, -0.15) is 5.26 Å². The summed E-state index contributed by atoms with van der Waals surface area (Å²) >= 11 is 8.94. The van der Waals surface area contributed by atoms with Crippen molar-refractivity contribution in [2.75, 3.05) is 11.1 Å². The van der Waals surface area contributed by atoms with Crippen molar-refractivity contribution in [2.24, 2.45) is 11.3 Å². The minimum absolute atomic E-state index is 0.164. The van der Waals surface area contributed by atoms with Crippen LogP contribution in [0.2, 0.25) is 5.02 Å². The molecule has 0 fully saturated rings. The highest BCUT2D eigenvalue weighted by molar-refractivity contribution is 7.99. The number of hydrogen-bond donors (Lipinski definition) is 1. The van der Waals surface area contributed by atoms with E-state index in [4.69, 9.17) is 16.3 Å². The number of nitrogens with zero attached hydrogens (tertiary/aromatic N) is 4. The molecular weight excluding hydrogens is 526 g/mol. The monoisotopic (exact) mass is 557 g/mol. The Kier molecular flexibility index (Phi) is 8.52. The van der Waals surface area contributed by atoms with Gasteiger partial charge in [0.05, 0.1) is 11.3 Å². The number of nitrogens with one attached hydrogen (secondary N) is 1. The molecule has 0 saturated heterocycles.